The van der Waals surface area contributed by atoms with Crippen molar-refractivity contribution in [3.8, 4) is 0 Å². The van der Waals surface area contributed by atoms with E-state index in [-0.39, 0.29) is 37.4 Å². The van der Waals surface area contributed by atoms with Gasteiger partial charge >= 0.3 is 0 Å². The van der Waals surface area contributed by atoms with E-state index in [4.69, 9.17) is 5.11 Å². The van der Waals surface area contributed by atoms with Gasteiger partial charge in [0.2, 0.25) is 0 Å². The van der Waals surface area contributed by atoms with Gasteiger partial charge in [-0.05, 0) is 41.4 Å². The number of aliphatic hydroxyl groups excluding tert-OH is 4. The van der Waals surface area contributed by atoms with E-state index in [1.165, 1.54) is 0 Å². The molecule has 6 heteroatoms. The van der Waals surface area contributed by atoms with Gasteiger partial charge in [0, 0.05) is 31.3 Å². The molecule has 1 aliphatic carbocycles. The predicted octanol–water partition coefficient (Wildman–Crippen LogP) is 3.12. The minimum Gasteiger partial charge on any atom is -0.396 e. The van der Waals surface area contributed by atoms with Crippen molar-refractivity contribution in [2.75, 3.05) is 18.1 Å². The molecule has 0 bridgehead atoms. The third-order valence-electron chi connectivity index (χ3n) is 5.68. The van der Waals surface area contributed by atoms with Crippen molar-refractivity contribution in [1.29, 1.82) is 0 Å². The van der Waals surface area contributed by atoms with Crippen LogP contribution < -0.4 is 0 Å². The molecule has 1 aromatic rings. The van der Waals surface area contributed by atoms with Gasteiger partial charge in [-0.25, -0.2) is 4.39 Å². The molecular weight excluding hydrogens is 391 g/mol. The number of benzene rings is 1. The SMILES string of the molecule is CC(CSCCCCO)[C@@H]1[C@@H](/C=C/[C@@H](O)Cc2cccc(CO)c2)[C@H](O)C[C@H]1F. The van der Waals surface area contributed by atoms with E-state index >= 15 is 0 Å². The topological polar surface area (TPSA) is 80.9 Å². The third kappa shape index (κ3) is 7.68. The second kappa shape index (κ2) is 12.7. The standard InChI is InChI=1S/C23H35FO4S/c1-16(15-29-10-3-2-9-25)23-20(22(28)13-21(23)24)8-7-19(27)12-17-5-4-6-18(11-17)14-26/h4-8,11,16,19-23,25-28H,2-3,9-10,12-15H2,1H3/b8-7+/t16?,19-,20+,21-,22-,23-/m1/s1. The van der Waals surface area contributed by atoms with Crippen LogP contribution in [0.4, 0.5) is 4.39 Å². The molecule has 1 unspecified atom stereocenters. The van der Waals surface area contributed by atoms with E-state index in [2.05, 4.69) is 0 Å². The lowest BCUT2D eigenvalue weighted by molar-refractivity contribution is 0.132. The van der Waals surface area contributed by atoms with Gasteiger partial charge in [-0.15, -0.1) is 0 Å². The lowest BCUT2D eigenvalue weighted by Crippen LogP contribution is -2.27. The van der Waals surface area contributed by atoms with Gasteiger partial charge < -0.3 is 20.4 Å². The number of rotatable bonds is 12. The van der Waals surface area contributed by atoms with Gasteiger partial charge in [0.15, 0.2) is 0 Å². The average Bonchev–Trinajstić information content (AvgIpc) is 2.99. The molecule has 6 atom stereocenters. The Hall–Kier alpha value is -0.920. The normalized spacial score (nSPS) is 26.8. The molecule has 2 rings (SSSR count). The number of hydrogen-bond acceptors (Lipinski definition) is 5. The van der Waals surface area contributed by atoms with E-state index in [0.717, 1.165) is 35.5 Å². The molecular formula is C23H35FO4S. The highest BCUT2D eigenvalue weighted by Gasteiger charge is 2.44. The van der Waals surface area contributed by atoms with Crippen molar-refractivity contribution in [2.24, 2.45) is 17.8 Å². The molecule has 1 fully saturated rings. The Bertz CT molecular complexity index is 627. The van der Waals surface area contributed by atoms with Gasteiger partial charge in [-0.2, -0.15) is 11.8 Å². The Kier molecular flexibility index (Phi) is 10.7. The Balaban J connectivity index is 1.92. The Morgan fingerprint density at radius 1 is 1.24 bits per heavy atom. The molecule has 0 radical (unpaired) electrons. The molecule has 1 saturated carbocycles. The summed E-state index contributed by atoms with van der Waals surface area (Å²) in [5.41, 5.74) is 1.73. The molecule has 0 heterocycles. The van der Waals surface area contributed by atoms with Crippen LogP contribution in [0, 0.1) is 17.8 Å². The number of thioether (sulfide) groups is 1. The summed E-state index contributed by atoms with van der Waals surface area (Å²) in [6, 6.07) is 7.44. The first-order chi connectivity index (χ1) is 14.0. The van der Waals surface area contributed by atoms with Crippen LogP contribution in [0.5, 0.6) is 0 Å². The molecule has 0 amide bonds. The lowest BCUT2D eigenvalue weighted by Gasteiger charge is -2.26. The van der Waals surface area contributed by atoms with Crippen LogP contribution in [-0.2, 0) is 13.0 Å². The van der Waals surface area contributed by atoms with Gasteiger partial charge in [-0.1, -0.05) is 43.3 Å². The first-order valence-corrected chi connectivity index (χ1v) is 11.7. The third-order valence-corrected chi connectivity index (χ3v) is 7.02. The van der Waals surface area contributed by atoms with Crippen molar-refractivity contribution in [2.45, 2.75) is 57.6 Å². The second-order valence-corrected chi connectivity index (χ2v) is 9.24. The quantitative estimate of drug-likeness (QED) is 0.305. The van der Waals surface area contributed by atoms with Crippen LogP contribution in [-0.4, -0.2) is 56.9 Å². The van der Waals surface area contributed by atoms with E-state index < -0.39 is 18.4 Å². The van der Waals surface area contributed by atoms with E-state index in [0.29, 0.717) is 6.42 Å². The summed E-state index contributed by atoms with van der Waals surface area (Å²) < 4.78 is 14.6. The second-order valence-electron chi connectivity index (χ2n) is 8.09. The van der Waals surface area contributed by atoms with Crippen LogP contribution in [0.2, 0.25) is 0 Å². The molecule has 4 N–H and O–H groups in total. The summed E-state index contributed by atoms with van der Waals surface area (Å²) in [4.78, 5) is 0. The van der Waals surface area contributed by atoms with Gasteiger partial charge in [-0.3, -0.25) is 0 Å². The van der Waals surface area contributed by atoms with E-state index in [1.807, 2.05) is 31.2 Å². The summed E-state index contributed by atoms with van der Waals surface area (Å²) in [5, 5.41) is 38.8. The maximum Gasteiger partial charge on any atom is 0.106 e. The zero-order valence-corrected chi connectivity index (χ0v) is 18.0. The zero-order chi connectivity index (χ0) is 21.2. The average molecular weight is 427 g/mol. The molecule has 0 aliphatic heterocycles. The molecule has 0 spiro atoms. The summed E-state index contributed by atoms with van der Waals surface area (Å²) in [6.45, 7) is 2.20. The first-order valence-electron chi connectivity index (χ1n) is 10.5. The Morgan fingerprint density at radius 3 is 2.72 bits per heavy atom. The predicted molar refractivity (Wildman–Crippen MR) is 117 cm³/mol. The summed E-state index contributed by atoms with van der Waals surface area (Å²) in [7, 11) is 0. The van der Waals surface area contributed by atoms with Crippen LogP contribution in [0.3, 0.4) is 0 Å². The highest BCUT2D eigenvalue weighted by Crippen LogP contribution is 2.41. The summed E-state index contributed by atoms with van der Waals surface area (Å²) in [6.07, 6.45) is 3.28. The molecule has 1 aliphatic rings. The highest BCUT2D eigenvalue weighted by atomic mass is 32.2. The Morgan fingerprint density at radius 2 is 2.00 bits per heavy atom. The van der Waals surface area contributed by atoms with Crippen LogP contribution >= 0.6 is 11.8 Å². The maximum absolute atomic E-state index is 14.6. The smallest absolute Gasteiger partial charge is 0.106 e. The van der Waals surface area contributed by atoms with Crippen molar-refractivity contribution in [3.63, 3.8) is 0 Å². The number of hydrogen-bond donors (Lipinski definition) is 4. The number of alkyl halides is 1. The minimum atomic E-state index is -1.04. The van der Waals surface area contributed by atoms with Crippen LogP contribution in [0.15, 0.2) is 36.4 Å². The lowest BCUT2D eigenvalue weighted by atomic mass is 9.84. The minimum absolute atomic E-state index is 0.0382. The fraction of sp³-hybridized carbons (Fsp3) is 0.652. The number of unbranched alkanes of at least 4 members (excludes halogenated alkanes) is 1. The highest BCUT2D eigenvalue weighted by molar-refractivity contribution is 7.99. The monoisotopic (exact) mass is 426 g/mol. The summed E-state index contributed by atoms with van der Waals surface area (Å²) in [5.74, 6) is 1.34. The fourth-order valence-corrected chi connectivity index (χ4v) is 5.32. The summed E-state index contributed by atoms with van der Waals surface area (Å²) >= 11 is 1.77. The van der Waals surface area contributed by atoms with E-state index in [1.54, 1.807) is 23.9 Å². The van der Waals surface area contributed by atoms with Crippen molar-refractivity contribution in [1.82, 2.24) is 0 Å². The van der Waals surface area contributed by atoms with Gasteiger partial charge in [0.25, 0.3) is 0 Å². The zero-order valence-electron chi connectivity index (χ0n) is 17.2. The van der Waals surface area contributed by atoms with Crippen molar-refractivity contribution >= 4 is 11.8 Å². The van der Waals surface area contributed by atoms with Crippen molar-refractivity contribution < 1.29 is 24.8 Å². The molecule has 29 heavy (non-hydrogen) atoms. The van der Waals surface area contributed by atoms with Crippen LogP contribution in [0.25, 0.3) is 0 Å². The Labute approximate surface area is 177 Å². The molecule has 1 aromatic carbocycles. The van der Waals surface area contributed by atoms with E-state index in [9.17, 15) is 19.7 Å². The van der Waals surface area contributed by atoms with Gasteiger partial charge in [0.1, 0.15) is 6.17 Å². The van der Waals surface area contributed by atoms with Crippen LogP contribution in [0.1, 0.15) is 37.3 Å². The first kappa shape index (κ1) is 24.4. The molecule has 0 aromatic heterocycles. The van der Waals surface area contributed by atoms with Gasteiger partial charge in [0.05, 0.1) is 18.8 Å². The van der Waals surface area contributed by atoms with Crippen molar-refractivity contribution in [3.05, 3.63) is 47.5 Å². The number of aliphatic hydroxyl groups is 4. The fourth-order valence-electron chi connectivity index (χ4n) is 4.15. The molecule has 164 valence electrons. The largest absolute Gasteiger partial charge is 0.396 e. The molecule has 4 nitrogen and oxygen atoms in total. The number of halogens is 1. The molecule has 0 saturated heterocycles. The maximum atomic E-state index is 14.6.